The summed E-state index contributed by atoms with van der Waals surface area (Å²) >= 11 is 1.27. The number of methoxy groups -OCH3 is 1. The van der Waals surface area contributed by atoms with E-state index in [1.54, 1.807) is 55.8 Å². The third kappa shape index (κ3) is 4.61. The van der Waals surface area contributed by atoms with Crippen molar-refractivity contribution in [1.82, 2.24) is 9.97 Å². The smallest absolute Gasteiger partial charge is 0.301 e. The Labute approximate surface area is 224 Å². The summed E-state index contributed by atoms with van der Waals surface area (Å²) < 4.78 is 12.0. The Balaban J connectivity index is 1.61. The Bertz CT molecular complexity index is 1540. The van der Waals surface area contributed by atoms with Crippen LogP contribution in [-0.2, 0) is 9.59 Å². The second-order valence-electron chi connectivity index (χ2n) is 9.44. The second-order valence-corrected chi connectivity index (χ2v) is 10.4. The molecule has 3 heterocycles. The minimum absolute atomic E-state index is 0.0439. The number of thiazole rings is 1. The molecule has 1 N–H and O–H groups in total. The molecule has 9 heteroatoms. The maximum Gasteiger partial charge on any atom is 0.301 e. The summed E-state index contributed by atoms with van der Waals surface area (Å²) in [5.74, 6) is -0.136. The highest BCUT2D eigenvalue weighted by molar-refractivity contribution is 7.22. The van der Waals surface area contributed by atoms with Crippen LogP contribution in [0.3, 0.4) is 0 Å². The Kier molecular flexibility index (Phi) is 6.86. The minimum atomic E-state index is -0.948. The number of carbonyl (C=O) groups excluding carboxylic acids is 2. The summed E-state index contributed by atoms with van der Waals surface area (Å²) in [6.07, 6.45) is 1.59. The van der Waals surface area contributed by atoms with Crippen molar-refractivity contribution in [2.24, 2.45) is 5.92 Å². The molecule has 0 radical (unpaired) electrons. The Hall–Kier alpha value is -4.24. The highest BCUT2D eigenvalue weighted by Gasteiger charge is 2.48. The Morgan fingerprint density at radius 3 is 2.55 bits per heavy atom. The first kappa shape index (κ1) is 25.4. The number of hydrogen-bond donors (Lipinski definition) is 1. The van der Waals surface area contributed by atoms with Gasteiger partial charge in [0.25, 0.3) is 5.78 Å². The molecule has 1 atom stereocenters. The van der Waals surface area contributed by atoms with Gasteiger partial charge in [-0.2, -0.15) is 0 Å². The van der Waals surface area contributed by atoms with E-state index in [1.807, 2.05) is 19.1 Å². The Morgan fingerprint density at radius 2 is 1.89 bits per heavy atom. The van der Waals surface area contributed by atoms with Crippen LogP contribution in [0.5, 0.6) is 11.5 Å². The largest absolute Gasteiger partial charge is 0.507 e. The van der Waals surface area contributed by atoms with Gasteiger partial charge in [0.2, 0.25) is 0 Å². The van der Waals surface area contributed by atoms with Crippen LogP contribution in [0.15, 0.2) is 66.4 Å². The maximum atomic E-state index is 13.4. The summed E-state index contributed by atoms with van der Waals surface area (Å²) in [4.78, 5) is 37.2. The number of aliphatic hydroxyl groups excluding tert-OH is 1. The zero-order chi connectivity index (χ0) is 27.0. The maximum absolute atomic E-state index is 13.4. The summed E-state index contributed by atoms with van der Waals surface area (Å²) in [7, 11) is 1.60. The van der Waals surface area contributed by atoms with Gasteiger partial charge in [0, 0.05) is 11.8 Å². The van der Waals surface area contributed by atoms with E-state index in [4.69, 9.17) is 9.47 Å². The average molecular weight is 530 g/mol. The van der Waals surface area contributed by atoms with Gasteiger partial charge in [-0.25, -0.2) is 4.98 Å². The van der Waals surface area contributed by atoms with Crippen molar-refractivity contribution >= 4 is 44.1 Å². The fraction of sp³-hybridized carbons (Fsp3) is 0.241. The molecular formula is C29H27N3O5S. The van der Waals surface area contributed by atoms with E-state index in [1.165, 1.54) is 16.2 Å². The van der Waals surface area contributed by atoms with Gasteiger partial charge >= 0.3 is 5.91 Å². The molecule has 0 spiro atoms. The molecule has 4 aromatic rings. The highest BCUT2D eigenvalue weighted by Crippen LogP contribution is 2.44. The van der Waals surface area contributed by atoms with E-state index in [2.05, 4.69) is 23.8 Å². The van der Waals surface area contributed by atoms with Gasteiger partial charge in [-0.05, 0) is 66.9 Å². The zero-order valence-corrected chi connectivity index (χ0v) is 22.3. The lowest BCUT2D eigenvalue weighted by Gasteiger charge is -2.22. The highest BCUT2D eigenvalue weighted by atomic mass is 32.1. The van der Waals surface area contributed by atoms with Gasteiger partial charge in [-0.15, -0.1) is 0 Å². The number of aryl methyl sites for hydroxylation is 1. The van der Waals surface area contributed by atoms with Crippen molar-refractivity contribution in [3.05, 3.63) is 83.2 Å². The van der Waals surface area contributed by atoms with Crippen molar-refractivity contribution < 1.29 is 24.2 Å². The zero-order valence-electron chi connectivity index (χ0n) is 21.5. The average Bonchev–Trinajstić information content (AvgIpc) is 3.44. The molecule has 0 bridgehead atoms. The third-order valence-corrected chi connectivity index (χ3v) is 7.24. The molecule has 1 aliphatic heterocycles. The summed E-state index contributed by atoms with van der Waals surface area (Å²) in [6, 6.07) is 14.8. The number of carbonyl (C=O) groups is 2. The van der Waals surface area contributed by atoms with Crippen LogP contribution < -0.4 is 14.4 Å². The number of ketones is 1. The molecule has 1 fully saturated rings. The molecule has 1 unspecified atom stereocenters. The lowest BCUT2D eigenvalue weighted by Crippen LogP contribution is -2.29. The van der Waals surface area contributed by atoms with Crippen LogP contribution in [0.25, 0.3) is 16.0 Å². The van der Waals surface area contributed by atoms with Crippen molar-refractivity contribution in [2.45, 2.75) is 26.8 Å². The van der Waals surface area contributed by atoms with Crippen LogP contribution in [-0.4, -0.2) is 40.5 Å². The number of rotatable bonds is 7. The van der Waals surface area contributed by atoms with Crippen LogP contribution >= 0.6 is 11.3 Å². The predicted molar refractivity (Wildman–Crippen MR) is 147 cm³/mol. The molecule has 5 rings (SSSR count). The van der Waals surface area contributed by atoms with E-state index in [0.717, 1.165) is 10.3 Å². The van der Waals surface area contributed by atoms with E-state index in [-0.39, 0.29) is 11.3 Å². The fourth-order valence-corrected chi connectivity index (χ4v) is 5.35. The number of ether oxygens (including phenoxy) is 2. The van der Waals surface area contributed by atoms with E-state index in [0.29, 0.717) is 45.9 Å². The van der Waals surface area contributed by atoms with Crippen molar-refractivity contribution in [3.8, 4) is 11.5 Å². The number of aliphatic hydroxyl groups is 1. The molecule has 194 valence electrons. The third-order valence-electron chi connectivity index (χ3n) is 6.22. The number of fused-ring (bicyclic) bond motifs is 1. The van der Waals surface area contributed by atoms with E-state index in [9.17, 15) is 14.7 Å². The molecule has 38 heavy (non-hydrogen) atoms. The quantitative estimate of drug-likeness (QED) is 0.187. The summed E-state index contributed by atoms with van der Waals surface area (Å²) in [6.45, 7) is 6.58. The molecule has 0 saturated carbocycles. The molecule has 2 aromatic heterocycles. The monoisotopic (exact) mass is 529 g/mol. The molecule has 1 amide bonds. The molecular weight excluding hydrogens is 502 g/mol. The molecule has 1 aliphatic rings. The van der Waals surface area contributed by atoms with Gasteiger partial charge in [0.05, 0.1) is 35.2 Å². The molecule has 1 saturated heterocycles. The number of nitrogens with zero attached hydrogens (tertiary/aromatic N) is 3. The van der Waals surface area contributed by atoms with E-state index >= 15 is 0 Å². The first-order chi connectivity index (χ1) is 18.3. The van der Waals surface area contributed by atoms with Gasteiger partial charge < -0.3 is 14.6 Å². The number of amides is 1. The number of anilines is 1. The second kappa shape index (κ2) is 10.3. The van der Waals surface area contributed by atoms with Crippen LogP contribution in [0.2, 0.25) is 0 Å². The van der Waals surface area contributed by atoms with E-state index < -0.39 is 17.7 Å². The number of aromatic nitrogens is 2. The lowest BCUT2D eigenvalue weighted by molar-refractivity contribution is -0.132. The number of Topliss-reactive ketones (excluding diaryl/α,β-unsaturated/α-hetero) is 1. The first-order valence-electron chi connectivity index (χ1n) is 12.2. The van der Waals surface area contributed by atoms with Crippen molar-refractivity contribution in [2.75, 3.05) is 18.6 Å². The molecule has 0 aliphatic carbocycles. The van der Waals surface area contributed by atoms with Crippen LogP contribution in [0.4, 0.5) is 5.13 Å². The van der Waals surface area contributed by atoms with Crippen LogP contribution in [0, 0.1) is 12.8 Å². The lowest BCUT2D eigenvalue weighted by atomic mass is 9.98. The van der Waals surface area contributed by atoms with Gasteiger partial charge in [-0.3, -0.25) is 19.5 Å². The van der Waals surface area contributed by atoms with Crippen molar-refractivity contribution in [3.63, 3.8) is 0 Å². The number of benzene rings is 2. The first-order valence-corrected chi connectivity index (χ1v) is 13.0. The molecule has 8 nitrogen and oxygen atoms in total. The van der Waals surface area contributed by atoms with Crippen molar-refractivity contribution in [1.29, 1.82) is 0 Å². The predicted octanol–water partition coefficient (Wildman–Crippen LogP) is 5.67. The summed E-state index contributed by atoms with van der Waals surface area (Å²) in [5.41, 5.74) is 2.38. The van der Waals surface area contributed by atoms with Gasteiger partial charge in [0.15, 0.2) is 5.13 Å². The topological polar surface area (TPSA) is 102 Å². The van der Waals surface area contributed by atoms with Crippen LogP contribution in [0.1, 0.15) is 36.7 Å². The fourth-order valence-electron chi connectivity index (χ4n) is 4.35. The standard InChI is InChI=1S/C29H27N3O5S/c1-16(2)15-37-19-10-8-18(9-11-19)26(33)24-25(20-7-5-6-12-30-20)32(28(35)27(24)34)29-31-21-13-17(3)22(36-4)14-23(21)38-29/h5-14,16,25,33H,15H2,1-4H3/b26-24+. The van der Waals surface area contributed by atoms with Gasteiger partial charge in [-0.1, -0.05) is 31.3 Å². The normalized spacial score (nSPS) is 17.0. The Morgan fingerprint density at radius 1 is 1.13 bits per heavy atom. The number of hydrogen-bond acceptors (Lipinski definition) is 8. The molecule has 2 aromatic carbocycles. The SMILES string of the molecule is COc1cc2sc(N3C(=O)C(=O)/C(=C(/O)c4ccc(OCC(C)C)cc4)C3c3ccccn3)nc2cc1C. The summed E-state index contributed by atoms with van der Waals surface area (Å²) in [5, 5.41) is 11.7. The van der Waals surface area contributed by atoms with Gasteiger partial charge in [0.1, 0.15) is 23.3 Å². The minimum Gasteiger partial charge on any atom is -0.507 e. The number of pyridine rings is 1.